The summed E-state index contributed by atoms with van der Waals surface area (Å²) in [5.41, 5.74) is 5.09. The lowest BCUT2D eigenvalue weighted by molar-refractivity contribution is -0.173. The number of halogens is 4. The van der Waals surface area contributed by atoms with E-state index in [0.29, 0.717) is 5.69 Å². The van der Waals surface area contributed by atoms with Crippen LogP contribution in [0.15, 0.2) is 34.1 Å². The van der Waals surface area contributed by atoms with Crippen molar-refractivity contribution in [1.29, 1.82) is 0 Å². The van der Waals surface area contributed by atoms with E-state index in [-0.39, 0.29) is 5.13 Å². The molecule has 2 N–H and O–H groups in total. The minimum absolute atomic E-state index is 0.167. The Kier molecular flexibility index (Phi) is 4.29. The van der Waals surface area contributed by atoms with E-state index in [2.05, 4.69) is 26.3 Å². The molecule has 0 bridgehead atoms. The zero-order valence-electron chi connectivity index (χ0n) is 9.66. The van der Waals surface area contributed by atoms with Crippen molar-refractivity contribution in [1.82, 2.24) is 10.4 Å². The summed E-state index contributed by atoms with van der Waals surface area (Å²) < 4.78 is 36.9. The number of hydrogen-bond donors (Lipinski definition) is 2. The molecule has 0 atom stereocenters. The summed E-state index contributed by atoms with van der Waals surface area (Å²) in [7, 11) is 0. The van der Waals surface area contributed by atoms with Crippen LogP contribution in [0.25, 0.3) is 11.3 Å². The Hall–Kier alpha value is -1.61. The van der Waals surface area contributed by atoms with E-state index in [1.807, 2.05) is 24.3 Å². The highest BCUT2D eigenvalue weighted by molar-refractivity contribution is 9.10. The number of nitrogens with one attached hydrogen (secondary N) is 2. The monoisotopic (exact) mass is 365 g/mol. The number of alkyl halides is 3. The van der Waals surface area contributed by atoms with Crippen molar-refractivity contribution in [2.45, 2.75) is 6.18 Å². The number of carbonyl (C=O) groups excluding carboxylic acids is 1. The van der Waals surface area contributed by atoms with Crippen molar-refractivity contribution in [2.75, 3.05) is 5.43 Å². The van der Waals surface area contributed by atoms with Crippen LogP contribution in [0.4, 0.5) is 18.3 Å². The number of amides is 1. The molecule has 0 saturated heterocycles. The van der Waals surface area contributed by atoms with Gasteiger partial charge >= 0.3 is 12.1 Å². The minimum atomic E-state index is -4.93. The molecule has 0 unspecified atom stereocenters. The second kappa shape index (κ2) is 5.80. The van der Waals surface area contributed by atoms with Crippen molar-refractivity contribution in [3.63, 3.8) is 0 Å². The molecule has 2 aromatic rings. The van der Waals surface area contributed by atoms with E-state index in [1.54, 1.807) is 5.38 Å². The van der Waals surface area contributed by atoms with E-state index in [9.17, 15) is 18.0 Å². The molecule has 1 heterocycles. The molecule has 9 heteroatoms. The molecule has 1 aromatic heterocycles. The maximum absolute atomic E-state index is 12.0. The number of carbonyl (C=O) groups is 1. The maximum atomic E-state index is 12.0. The summed E-state index contributed by atoms with van der Waals surface area (Å²) in [6, 6.07) is 7.29. The fourth-order valence-electron chi connectivity index (χ4n) is 1.27. The van der Waals surface area contributed by atoms with Crippen molar-refractivity contribution in [3.05, 3.63) is 34.1 Å². The van der Waals surface area contributed by atoms with Crippen molar-refractivity contribution in [3.8, 4) is 11.3 Å². The Morgan fingerprint density at radius 1 is 1.25 bits per heavy atom. The van der Waals surface area contributed by atoms with Crippen LogP contribution in [0, 0.1) is 0 Å². The van der Waals surface area contributed by atoms with Crippen LogP contribution in [0.1, 0.15) is 0 Å². The average molecular weight is 366 g/mol. The SMILES string of the molecule is O=C(NNc1nc(-c2ccc(Br)cc2)cs1)C(F)(F)F. The van der Waals surface area contributed by atoms with E-state index >= 15 is 0 Å². The number of hydrazine groups is 1. The third-order valence-corrected chi connectivity index (χ3v) is 3.47. The summed E-state index contributed by atoms with van der Waals surface area (Å²) in [5, 5.41) is 1.84. The molecule has 106 valence electrons. The lowest BCUT2D eigenvalue weighted by Gasteiger charge is -2.07. The molecule has 0 saturated carbocycles. The van der Waals surface area contributed by atoms with E-state index in [0.717, 1.165) is 21.4 Å². The molecule has 0 spiro atoms. The number of nitrogens with zero attached hydrogens (tertiary/aromatic N) is 1. The maximum Gasteiger partial charge on any atom is 0.472 e. The highest BCUT2D eigenvalue weighted by atomic mass is 79.9. The quantitative estimate of drug-likeness (QED) is 0.817. The van der Waals surface area contributed by atoms with Crippen molar-refractivity contribution >= 4 is 38.3 Å². The van der Waals surface area contributed by atoms with Gasteiger partial charge in [0, 0.05) is 15.4 Å². The average Bonchev–Trinajstić information content (AvgIpc) is 2.84. The van der Waals surface area contributed by atoms with Crippen LogP contribution in [-0.4, -0.2) is 17.1 Å². The third kappa shape index (κ3) is 3.70. The molecule has 1 aromatic carbocycles. The Morgan fingerprint density at radius 2 is 1.90 bits per heavy atom. The lowest BCUT2D eigenvalue weighted by atomic mass is 10.2. The molecule has 0 aliphatic carbocycles. The highest BCUT2D eigenvalue weighted by Gasteiger charge is 2.38. The van der Waals surface area contributed by atoms with Crippen LogP contribution >= 0.6 is 27.3 Å². The van der Waals surface area contributed by atoms with E-state index in [4.69, 9.17) is 0 Å². The summed E-state index contributed by atoms with van der Waals surface area (Å²) in [5.74, 6) is -2.07. The van der Waals surface area contributed by atoms with Gasteiger partial charge in [0.1, 0.15) is 0 Å². The molecular weight excluding hydrogens is 359 g/mol. The predicted octanol–water partition coefficient (Wildman–Crippen LogP) is 3.58. The van der Waals surface area contributed by atoms with Gasteiger partial charge in [-0.2, -0.15) is 13.2 Å². The number of benzene rings is 1. The number of hydrogen-bond acceptors (Lipinski definition) is 4. The van der Waals surface area contributed by atoms with Gasteiger partial charge in [-0.3, -0.25) is 15.6 Å². The highest BCUT2D eigenvalue weighted by Crippen LogP contribution is 2.25. The fourth-order valence-corrected chi connectivity index (χ4v) is 2.20. The number of rotatable bonds is 3. The van der Waals surface area contributed by atoms with Gasteiger partial charge in [-0.1, -0.05) is 28.1 Å². The number of anilines is 1. The van der Waals surface area contributed by atoms with Gasteiger partial charge in [0.15, 0.2) is 0 Å². The molecule has 0 radical (unpaired) electrons. The van der Waals surface area contributed by atoms with Gasteiger partial charge in [0.2, 0.25) is 5.13 Å². The zero-order valence-corrected chi connectivity index (χ0v) is 12.1. The van der Waals surface area contributed by atoms with E-state index < -0.39 is 12.1 Å². The molecule has 0 fully saturated rings. The predicted molar refractivity (Wildman–Crippen MR) is 73.1 cm³/mol. The Balaban J connectivity index is 2.03. The smallest absolute Gasteiger partial charge is 0.273 e. The summed E-state index contributed by atoms with van der Waals surface area (Å²) in [6.07, 6.45) is -4.93. The minimum Gasteiger partial charge on any atom is -0.273 e. The molecule has 0 aliphatic heterocycles. The molecule has 20 heavy (non-hydrogen) atoms. The summed E-state index contributed by atoms with van der Waals surface area (Å²) >= 11 is 4.38. The van der Waals surface area contributed by atoms with Gasteiger partial charge in [-0.25, -0.2) is 4.98 Å². The molecular formula is C11H7BrF3N3OS. The normalized spacial score (nSPS) is 11.2. The Labute approximate surface area is 124 Å². The summed E-state index contributed by atoms with van der Waals surface area (Å²) in [6.45, 7) is 0. The van der Waals surface area contributed by atoms with Crippen LogP contribution in [0.3, 0.4) is 0 Å². The van der Waals surface area contributed by atoms with Gasteiger partial charge in [0.05, 0.1) is 5.69 Å². The topological polar surface area (TPSA) is 54.0 Å². The van der Waals surface area contributed by atoms with Crippen LogP contribution < -0.4 is 10.9 Å². The first-order valence-electron chi connectivity index (χ1n) is 5.21. The van der Waals surface area contributed by atoms with Crippen LogP contribution in [0.5, 0.6) is 0 Å². The van der Waals surface area contributed by atoms with Gasteiger partial charge in [-0.05, 0) is 12.1 Å². The Morgan fingerprint density at radius 3 is 2.50 bits per heavy atom. The zero-order chi connectivity index (χ0) is 14.8. The number of aromatic nitrogens is 1. The lowest BCUT2D eigenvalue weighted by Crippen LogP contribution is -2.40. The first kappa shape index (κ1) is 14.8. The second-order valence-electron chi connectivity index (χ2n) is 3.62. The van der Waals surface area contributed by atoms with Gasteiger partial charge in [-0.15, -0.1) is 11.3 Å². The number of thiazole rings is 1. The molecule has 1 amide bonds. The second-order valence-corrected chi connectivity index (χ2v) is 5.40. The van der Waals surface area contributed by atoms with Gasteiger partial charge in [0.25, 0.3) is 0 Å². The Bertz CT molecular complexity index is 612. The van der Waals surface area contributed by atoms with Crippen molar-refractivity contribution in [2.24, 2.45) is 0 Å². The molecule has 0 aliphatic rings. The first-order chi connectivity index (χ1) is 9.36. The van der Waals surface area contributed by atoms with Crippen LogP contribution in [0.2, 0.25) is 0 Å². The largest absolute Gasteiger partial charge is 0.472 e. The van der Waals surface area contributed by atoms with Gasteiger partial charge < -0.3 is 0 Å². The van der Waals surface area contributed by atoms with E-state index in [1.165, 1.54) is 5.43 Å². The third-order valence-electron chi connectivity index (χ3n) is 2.18. The fraction of sp³-hybridized carbons (Fsp3) is 0.0909. The van der Waals surface area contributed by atoms with Crippen molar-refractivity contribution < 1.29 is 18.0 Å². The summed E-state index contributed by atoms with van der Waals surface area (Å²) in [4.78, 5) is 14.7. The molecule has 4 nitrogen and oxygen atoms in total. The molecule has 2 rings (SSSR count). The first-order valence-corrected chi connectivity index (χ1v) is 6.88. The van der Waals surface area contributed by atoms with Crippen LogP contribution in [-0.2, 0) is 4.79 Å². The standard InChI is InChI=1S/C11H7BrF3N3OS/c12-7-3-1-6(2-4-7)8-5-20-10(16-8)18-17-9(19)11(13,14)15/h1-5H,(H,16,18)(H,17,19).